The molecule has 0 fully saturated rings. The molecule has 2 aromatic rings. The minimum Gasteiger partial charge on any atom is -0.489 e. The summed E-state index contributed by atoms with van der Waals surface area (Å²) < 4.78 is 6.10. The summed E-state index contributed by atoms with van der Waals surface area (Å²) >= 11 is 12.5. The Balaban J connectivity index is 2.11. The molecule has 0 bridgehead atoms. The predicted octanol–water partition coefficient (Wildman–Crippen LogP) is 4.62. The first kappa shape index (κ1) is 14.7. The van der Waals surface area contributed by atoms with Gasteiger partial charge in [0.2, 0.25) is 0 Å². The van der Waals surface area contributed by atoms with E-state index >= 15 is 0 Å². The Morgan fingerprint density at radius 3 is 2.76 bits per heavy atom. The van der Waals surface area contributed by atoms with Crippen LogP contribution in [0.5, 0.6) is 5.75 Å². The Morgan fingerprint density at radius 2 is 2.00 bits per heavy atom. The number of rotatable bonds is 3. The highest BCUT2D eigenvalue weighted by molar-refractivity contribution is 6.35. The molecule has 110 valence electrons. The number of hydrogen-bond donors (Lipinski definition) is 1. The van der Waals surface area contributed by atoms with Crippen LogP contribution in [0, 0.1) is 6.92 Å². The number of nitrogens with two attached hydrogens (primary N) is 1. The van der Waals surface area contributed by atoms with Crippen molar-refractivity contribution in [2.24, 2.45) is 5.73 Å². The monoisotopic (exact) mass is 321 g/mol. The third-order valence-electron chi connectivity index (χ3n) is 3.75. The highest BCUT2D eigenvalue weighted by atomic mass is 35.5. The van der Waals surface area contributed by atoms with Crippen molar-refractivity contribution in [1.82, 2.24) is 0 Å². The summed E-state index contributed by atoms with van der Waals surface area (Å²) in [5, 5.41) is 1.35. The van der Waals surface area contributed by atoms with Crippen molar-refractivity contribution in [2.45, 2.75) is 25.9 Å². The van der Waals surface area contributed by atoms with Crippen molar-refractivity contribution in [1.29, 1.82) is 0 Å². The number of fused-ring (bicyclic) bond motifs is 1. The summed E-state index contributed by atoms with van der Waals surface area (Å²) in [6, 6.07) is 9.77. The lowest BCUT2D eigenvalue weighted by molar-refractivity contribution is 0.225. The summed E-state index contributed by atoms with van der Waals surface area (Å²) in [6.45, 7) is 2.71. The SMILES string of the molecule is Cc1cc2c(c(-c3cc(Cl)ccc3Cl)c1)OC(CCN)C2. The number of benzene rings is 2. The van der Waals surface area contributed by atoms with Gasteiger partial charge in [0.25, 0.3) is 0 Å². The molecule has 1 aliphatic rings. The fraction of sp³-hybridized carbons (Fsp3) is 0.294. The molecule has 0 saturated heterocycles. The third-order valence-corrected chi connectivity index (χ3v) is 4.31. The number of ether oxygens (including phenoxy) is 1. The first-order chi connectivity index (χ1) is 10.1. The molecule has 1 atom stereocenters. The largest absolute Gasteiger partial charge is 0.489 e. The van der Waals surface area contributed by atoms with Crippen LogP contribution in [0.1, 0.15) is 17.5 Å². The van der Waals surface area contributed by atoms with Crippen molar-refractivity contribution in [3.05, 3.63) is 51.5 Å². The van der Waals surface area contributed by atoms with Crippen molar-refractivity contribution in [3.8, 4) is 16.9 Å². The van der Waals surface area contributed by atoms with Crippen LogP contribution in [0.4, 0.5) is 0 Å². The van der Waals surface area contributed by atoms with Gasteiger partial charge in [-0.3, -0.25) is 0 Å². The molecule has 0 aliphatic carbocycles. The lowest BCUT2D eigenvalue weighted by Gasteiger charge is -2.13. The summed E-state index contributed by atoms with van der Waals surface area (Å²) in [5.41, 5.74) is 9.99. The molecule has 2 nitrogen and oxygen atoms in total. The molecule has 0 saturated carbocycles. The number of halogens is 2. The van der Waals surface area contributed by atoms with Gasteiger partial charge >= 0.3 is 0 Å². The van der Waals surface area contributed by atoms with Crippen LogP contribution in [0.25, 0.3) is 11.1 Å². The van der Waals surface area contributed by atoms with E-state index in [2.05, 4.69) is 19.1 Å². The van der Waals surface area contributed by atoms with Gasteiger partial charge in [-0.25, -0.2) is 0 Å². The van der Waals surface area contributed by atoms with Gasteiger partial charge in [-0.05, 0) is 55.3 Å². The van der Waals surface area contributed by atoms with E-state index in [1.807, 2.05) is 12.1 Å². The zero-order valence-corrected chi connectivity index (χ0v) is 13.3. The molecular weight excluding hydrogens is 305 g/mol. The molecule has 1 heterocycles. The van der Waals surface area contributed by atoms with E-state index in [1.165, 1.54) is 11.1 Å². The maximum Gasteiger partial charge on any atom is 0.130 e. The molecule has 0 radical (unpaired) electrons. The van der Waals surface area contributed by atoms with E-state index in [1.54, 1.807) is 6.07 Å². The van der Waals surface area contributed by atoms with Crippen LogP contribution in [0.3, 0.4) is 0 Å². The van der Waals surface area contributed by atoms with E-state index < -0.39 is 0 Å². The Labute approximate surface area is 134 Å². The number of hydrogen-bond acceptors (Lipinski definition) is 2. The standard InChI is InChI=1S/C17H17Cl2NO/c1-10-6-11-8-13(4-5-20)21-17(11)15(7-10)14-9-12(18)2-3-16(14)19/h2-3,6-7,9,13H,4-5,8,20H2,1H3. The Bertz CT molecular complexity index is 685. The molecule has 1 aliphatic heterocycles. The second kappa shape index (κ2) is 5.88. The van der Waals surface area contributed by atoms with Crippen molar-refractivity contribution in [2.75, 3.05) is 6.54 Å². The predicted molar refractivity (Wildman–Crippen MR) is 88.4 cm³/mol. The van der Waals surface area contributed by atoms with Crippen LogP contribution in [0.2, 0.25) is 10.0 Å². The Morgan fingerprint density at radius 1 is 1.19 bits per heavy atom. The van der Waals surface area contributed by atoms with Crippen LogP contribution in [-0.4, -0.2) is 12.6 Å². The first-order valence-corrected chi connectivity index (χ1v) is 7.79. The summed E-state index contributed by atoms with van der Waals surface area (Å²) in [4.78, 5) is 0. The van der Waals surface area contributed by atoms with E-state index in [-0.39, 0.29) is 6.10 Å². The van der Waals surface area contributed by atoms with Crippen LogP contribution in [-0.2, 0) is 6.42 Å². The van der Waals surface area contributed by atoms with Gasteiger partial charge in [0.15, 0.2) is 0 Å². The van der Waals surface area contributed by atoms with Gasteiger partial charge in [-0.1, -0.05) is 29.3 Å². The van der Waals surface area contributed by atoms with Gasteiger partial charge in [0.1, 0.15) is 11.9 Å². The molecule has 2 N–H and O–H groups in total. The maximum absolute atomic E-state index is 6.35. The number of aryl methyl sites for hydroxylation is 1. The molecule has 3 rings (SSSR count). The summed E-state index contributed by atoms with van der Waals surface area (Å²) in [5.74, 6) is 0.920. The van der Waals surface area contributed by atoms with Crippen molar-refractivity contribution in [3.63, 3.8) is 0 Å². The smallest absolute Gasteiger partial charge is 0.130 e. The van der Waals surface area contributed by atoms with Crippen molar-refractivity contribution < 1.29 is 4.74 Å². The van der Waals surface area contributed by atoms with Crippen molar-refractivity contribution >= 4 is 23.2 Å². The Kier molecular flexibility index (Phi) is 4.12. The average Bonchev–Trinajstić information content (AvgIpc) is 2.83. The zero-order chi connectivity index (χ0) is 15.0. The van der Waals surface area contributed by atoms with E-state index in [0.717, 1.165) is 29.7 Å². The highest BCUT2D eigenvalue weighted by Crippen LogP contribution is 2.43. The first-order valence-electron chi connectivity index (χ1n) is 7.04. The summed E-state index contributed by atoms with van der Waals surface area (Å²) in [6.07, 6.45) is 1.92. The average molecular weight is 322 g/mol. The molecule has 2 aromatic carbocycles. The highest BCUT2D eigenvalue weighted by Gasteiger charge is 2.26. The third kappa shape index (κ3) is 2.89. The van der Waals surface area contributed by atoms with Gasteiger partial charge in [0, 0.05) is 27.6 Å². The minimum atomic E-state index is 0.156. The molecule has 1 unspecified atom stereocenters. The molecule has 4 heteroatoms. The molecule has 21 heavy (non-hydrogen) atoms. The molecule has 0 spiro atoms. The van der Waals surface area contributed by atoms with Gasteiger partial charge < -0.3 is 10.5 Å². The van der Waals surface area contributed by atoms with Gasteiger partial charge in [-0.2, -0.15) is 0 Å². The van der Waals surface area contributed by atoms with E-state index in [9.17, 15) is 0 Å². The second-order valence-electron chi connectivity index (χ2n) is 5.45. The zero-order valence-electron chi connectivity index (χ0n) is 11.8. The van der Waals surface area contributed by atoms with Crippen LogP contribution in [0.15, 0.2) is 30.3 Å². The fourth-order valence-electron chi connectivity index (χ4n) is 2.84. The lowest BCUT2D eigenvalue weighted by Crippen LogP contribution is -2.17. The Hall–Kier alpha value is -1.22. The van der Waals surface area contributed by atoms with Crippen LogP contribution < -0.4 is 10.5 Å². The van der Waals surface area contributed by atoms with E-state index in [4.69, 9.17) is 33.7 Å². The molecule has 0 aromatic heterocycles. The second-order valence-corrected chi connectivity index (χ2v) is 6.29. The fourth-order valence-corrected chi connectivity index (χ4v) is 3.23. The minimum absolute atomic E-state index is 0.156. The summed E-state index contributed by atoms with van der Waals surface area (Å²) in [7, 11) is 0. The van der Waals surface area contributed by atoms with Gasteiger partial charge in [0.05, 0.1) is 0 Å². The molecular formula is C17H17Cl2NO. The normalized spacial score (nSPS) is 16.7. The quantitative estimate of drug-likeness (QED) is 0.895. The van der Waals surface area contributed by atoms with E-state index in [0.29, 0.717) is 16.6 Å². The lowest BCUT2D eigenvalue weighted by atomic mass is 9.97. The maximum atomic E-state index is 6.35. The molecule has 0 amide bonds. The van der Waals surface area contributed by atoms with Gasteiger partial charge in [-0.15, -0.1) is 0 Å². The van der Waals surface area contributed by atoms with Crippen LogP contribution >= 0.6 is 23.2 Å². The topological polar surface area (TPSA) is 35.2 Å².